The van der Waals surface area contributed by atoms with E-state index in [1.54, 1.807) is 12.3 Å². The third-order valence-corrected chi connectivity index (χ3v) is 3.36. The van der Waals surface area contributed by atoms with Crippen molar-refractivity contribution in [1.29, 1.82) is 0 Å². The second-order valence-electron chi connectivity index (χ2n) is 3.76. The maximum Gasteiger partial charge on any atom is 0.226 e. The van der Waals surface area contributed by atoms with Gasteiger partial charge < -0.3 is 9.08 Å². The molecule has 5 heteroatoms. The van der Waals surface area contributed by atoms with E-state index in [4.69, 9.17) is 4.52 Å². The van der Waals surface area contributed by atoms with Crippen LogP contribution in [0.25, 0.3) is 12.2 Å². The van der Waals surface area contributed by atoms with Crippen LogP contribution in [0.5, 0.6) is 0 Å². The minimum absolute atomic E-state index is 0.565. The molecule has 0 aliphatic rings. The fourth-order valence-corrected chi connectivity index (χ4v) is 1.94. The number of nitrogens with zero attached hydrogens (tertiary/aromatic N) is 2. The van der Waals surface area contributed by atoms with Crippen LogP contribution in [0.15, 0.2) is 33.7 Å². The third-order valence-electron chi connectivity index (χ3n) is 2.42. The monoisotopic (exact) mass is 262 g/mol. The Morgan fingerprint density at radius 1 is 1.28 bits per heavy atom. The van der Waals surface area contributed by atoms with E-state index in [9.17, 15) is 4.55 Å². The Kier molecular flexibility index (Phi) is 4.17. The zero-order valence-electron chi connectivity index (χ0n) is 10.3. The van der Waals surface area contributed by atoms with Crippen LogP contribution in [-0.2, 0) is 17.6 Å². The smallest absolute Gasteiger partial charge is 0.226 e. The van der Waals surface area contributed by atoms with E-state index in [0.29, 0.717) is 11.7 Å². The van der Waals surface area contributed by atoms with Crippen molar-refractivity contribution in [2.45, 2.75) is 18.2 Å². The lowest BCUT2D eigenvalue weighted by atomic mass is 10.2. The lowest BCUT2D eigenvalue weighted by Crippen LogP contribution is -1.96. The van der Waals surface area contributed by atoms with Crippen molar-refractivity contribution in [3.63, 3.8) is 0 Å². The van der Waals surface area contributed by atoms with Crippen LogP contribution < -0.4 is 0 Å². The van der Waals surface area contributed by atoms with E-state index in [-0.39, 0.29) is 0 Å². The van der Waals surface area contributed by atoms with Gasteiger partial charge in [0, 0.05) is 6.42 Å². The molecule has 1 aromatic heterocycles. The van der Waals surface area contributed by atoms with Crippen molar-refractivity contribution < 1.29 is 9.08 Å². The highest BCUT2D eigenvalue weighted by Crippen LogP contribution is 2.12. The molecule has 0 aliphatic carbocycles. The van der Waals surface area contributed by atoms with E-state index in [1.807, 2.05) is 37.3 Å². The third kappa shape index (κ3) is 3.21. The first-order chi connectivity index (χ1) is 8.69. The second kappa shape index (κ2) is 5.84. The predicted octanol–water partition coefficient (Wildman–Crippen LogP) is 2.54. The van der Waals surface area contributed by atoms with Gasteiger partial charge in [0.05, 0.1) is 0 Å². The average Bonchev–Trinajstić information content (AvgIpc) is 2.85. The number of benzene rings is 1. The zero-order chi connectivity index (χ0) is 13.0. The molecule has 0 bridgehead atoms. The molecule has 2 rings (SSSR count). The summed E-state index contributed by atoms with van der Waals surface area (Å²) in [4.78, 5) is 5.00. The summed E-state index contributed by atoms with van der Waals surface area (Å²) in [5.41, 5.74) is 1.01. The molecule has 0 spiro atoms. The molecule has 1 heterocycles. The van der Waals surface area contributed by atoms with Crippen molar-refractivity contribution in [3.8, 4) is 0 Å². The van der Waals surface area contributed by atoms with Gasteiger partial charge in [0.1, 0.15) is 6.26 Å². The Morgan fingerprint density at radius 3 is 2.56 bits per heavy atom. The van der Waals surface area contributed by atoms with Crippen molar-refractivity contribution in [2.75, 3.05) is 6.26 Å². The van der Waals surface area contributed by atoms with Crippen LogP contribution in [0.4, 0.5) is 0 Å². The molecule has 2 aromatic rings. The molecule has 0 aliphatic heterocycles. The molecule has 0 N–H and O–H groups in total. The number of hydrogen-bond donors (Lipinski definition) is 0. The van der Waals surface area contributed by atoms with Gasteiger partial charge in [-0.15, -0.1) is 0 Å². The first-order valence-electron chi connectivity index (χ1n) is 5.63. The standard InChI is InChI=1S/C13H14N2O2S/c1-3-13-14-12(15-17-13)9-6-10-4-7-11(8-5-10)18(2)16/h4-9H,3H2,1-2H3. The highest BCUT2D eigenvalue weighted by atomic mass is 32.2. The fraction of sp³-hybridized carbons (Fsp3) is 0.231. The maximum absolute atomic E-state index is 11.2. The summed E-state index contributed by atoms with van der Waals surface area (Å²) >= 11 is -0.939. The summed E-state index contributed by atoms with van der Waals surface area (Å²) in [7, 11) is 0. The number of hydrogen-bond acceptors (Lipinski definition) is 4. The summed E-state index contributed by atoms with van der Waals surface area (Å²) in [6.07, 6.45) is 6.08. The van der Waals surface area contributed by atoms with Gasteiger partial charge >= 0.3 is 0 Å². The summed E-state index contributed by atoms with van der Waals surface area (Å²) in [6, 6.07) is 7.52. The summed E-state index contributed by atoms with van der Waals surface area (Å²) in [6.45, 7) is 1.96. The molecule has 4 nitrogen and oxygen atoms in total. The topological polar surface area (TPSA) is 62.0 Å². The Balaban J connectivity index is 2.08. The van der Waals surface area contributed by atoms with Gasteiger partial charge in [-0.1, -0.05) is 18.2 Å². The Labute approximate surface area is 109 Å². The molecule has 0 amide bonds. The first kappa shape index (κ1) is 12.9. The molecule has 0 saturated carbocycles. The van der Waals surface area contributed by atoms with Gasteiger partial charge in [-0.3, -0.25) is 0 Å². The first-order valence-corrected chi connectivity index (χ1v) is 7.19. The van der Waals surface area contributed by atoms with Crippen LogP contribution in [0.2, 0.25) is 0 Å². The molecule has 1 unspecified atom stereocenters. The Bertz CT molecular complexity index is 532. The number of aromatic nitrogens is 2. The number of aryl methyl sites for hydroxylation is 1. The van der Waals surface area contributed by atoms with Crippen LogP contribution >= 0.6 is 0 Å². The highest BCUT2D eigenvalue weighted by molar-refractivity contribution is 7.90. The van der Waals surface area contributed by atoms with Gasteiger partial charge in [-0.05, 0) is 47.1 Å². The largest absolute Gasteiger partial charge is 0.612 e. The minimum Gasteiger partial charge on any atom is -0.612 e. The van der Waals surface area contributed by atoms with Gasteiger partial charge in [0.25, 0.3) is 0 Å². The normalized spacial score (nSPS) is 13.1. The molecule has 18 heavy (non-hydrogen) atoms. The van der Waals surface area contributed by atoms with Gasteiger partial charge in [-0.25, -0.2) is 0 Å². The molecular formula is C13H14N2O2S. The van der Waals surface area contributed by atoms with E-state index in [2.05, 4.69) is 10.1 Å². The molecule has 0 saturated heterocycles. The second-order valence-corrected chi connectivity index (χ2v) is 5.14. The maximum atomic E-state index is 11.2. The lowest BCUT2D eigenvalue weighted by Gasteiger charge is -2.03. The van der Waals surface area contributed by atoms with E-state index < -0.39 is 11.2 Å². The molecule has 94 valence electrons. The molecule has 1 aromatic carbocycles. The molecular weight excluding hydrogens is 248 g/mol. The van der Waals surface area contributed by atoms with Crippen molar-refractivity contribution in [3.05, 3.63) is 41.5 Å². The van der Waals surface area contributed by atoms with Crippen molar-refractivity contribution >= 4 is 23.3 Å². The van der Waals surface area contributed by atoms with E-state index >= 15 is 0 Å². The lowest BCUT2D eigenvalue weighted by molar-refractivity contribution is 0.380. The molecule has 1 atom stereocenters. The zero-order valence-corrected chi connectivity index (χ0v) is 11.1. The van der Waals surface area contributed by atoms with Crippen molar-refractivity contribution in [1.82, 2.24) is 10.1 Å². The van der Waals surface area contributed by atoms with Crippen molar-refractivity contribution in [2.24, 2.45) is 0 Å². The van der Waals surface area contributed by atoms with Gasteiger partial charge in [0.2, 0.25) is 5.89 Å². The highest BCUT2D eigenvalue weighted by Gasteiger charge is 2.02. The van der Waals surface area contributed by atoms with Gasteiger partial charge in [-0.2, -0.15) is 4.98 Å². The van der Waals surface area contributed by atoms with E-state index in [0.717, 1.165) is 16.9 Å². The summed E-state index contributed by atoms with van der Waals surface area (Å²) in [5.74, 6) is 1.20. The van der Waals surface area contributed by atoms with Crippen LogP contribution in [0.1, 0.15) is 24.2 Å². The Morgan fingerprint density at radius 2 is 2.00 bits per heavy atom. The van der Waals surface area contributed by atoms with Crippen LogP contribution in [0.3, 0.4) is 0 Å². The molecule has 0 radical (unpaired) electrons. The Hall–Kier alpha value is -1.59. The predicted molar refractivity (Wildman–Crippen MR) is 71.4 cm³/mol. The summed E-state index contributed by atoms with van der Waals surface area (Å²) < 4.78 is 16.2. The average molecular weight is 262 g/mol. The van der Waals surface area contributed by atoms with Gasteiger partial charge in [0.15, 0.2) is 10.7 Å². The number of rotatable bonds is 4. The fourth-order valence-electron chi connectivity index (χ4n) is 1.42. The summed E-state index contributed by atoms with van der Waals surface area (Å²) in [5, 5.41) is 3.83. The minimum atomic E-state index is -0.939. The quantitative estimate of drug-likeness (QED) is 0.794. The SMILES string of the molecule is CCc1nc(C=Cc2ccc([S+](C)[O-])cc2)no1. The van der Waals surface area contributed by atoms with Crippen LogP contribution in [0, 0.1) is 0 Å². The molecule has 0 fully saturated rings. The van der Waals surface area contributed by atoms with E-state index in [1.165, 1.54) is 0 Å². The van der Waals surface area contributed by atoms with Crippen LogP contribution in [-0.4, -0.2) is 20.9 Å².